The molecular weight excluding hydrogens is 164 g/mol. The molecule has 0 aliphatic rings. The molecular formula is C7H11F2N3. The second-order valence-electron chi connectivity index (χ2n) is 2.72. The van der Waals surface area contributed by atoms with Crippen molar-refractivity contribution in [3.8, 4) is 0 Å². The van der Waals surface area contributed by atoms with Crippen LogP contribution in [0.1, 0.15) is 5.69 Å². The molecule has 1 aromatic rings. The first-order valence-electron chi connectivity index (χ1n) is 3.60. The van der Waals surface area contributed by atoms with Crippen molar-refractivity contribution in [3.63, 3.8) is 0 Å². The topological polar surface area (TPSA) is 43.8 Å². The van der Waals surface area contributed by atoms with Crippen LogP contribution in [-0.4, -0.2) is 22.2 Å². The molecule has 0 bridgehead atoms. The van der Waals surface area contributed by atoms with E-state index in [0.717, 1.165) is 0 Å². The van der Waals surface area contributed by atoms with Crippen LogP contribution < -0.4 is 5.73 Å². The minimum absolute atomic E-state index is 0.368. The van der Waals surface area contributed by atoms with Gasteiger partial charge in [0.2, 0.25) is 0 Å². The minimum atomic E-state index is -2.84. The minimum Gasteiger partial charge on any atom is -0.325 e. The van der Waals surface area contributed by atoms with Gasteiger partial charge in [0.05, 0.1) is 18.7 Å². The summed E-state index contributed by atoms with van der Waals surface area (Å²) >= 11 is 0. The molecule has 0 radical (unpaired) electrons. The highest BCUT2D eigenvalue weighted by Gasteiger charge is 2.27. The molecule has 12 heavy (non-hydrogen) atoms. The van der Waals surface area contributed by atoms with Gasteiger partial charge in [-0.05, 0) is 6.07 Å². The van der Waals surface area contributed by atoms with Gasteiger partial charge in [-0.15, -0.1) is 0 Å². The van der Waals surface area contributed by atoms with Crippen molar-refractivity contribution in [2.75, 3.05) is 6.54 Å². The maximum Gasteiger partial charge on any atom is 0.265 e. The fourth-order valence-corrected chi connectivity index (χ4v) is 0.895. The Hall–Kier alpha value is -0.970. The highest BCUT2D eigenvalue weighted by Crippen LogP contribution is 2.16. The van der Waals surface area contributed by atoms with Gasteiger partial charge < -0.3 is 5.73 Å². The maximum absolute atomic E-state index is 12.7. The Kier molecular flexibility index (Phi) is 2.42. The third kappa shape index (κ3) is 2.27. The van der Waals surface area contributed by atoms with E-state index in [4.69, 9.17) is 5.73 Å². The van der Waals surface area contributed by atoms with Crippen LogP contribution in [0, 0.1) is 0 Å². The molecule has 0 fully saturated rings. The Morgan fingerprint density at radius 1 is 1.67 bits per heavy atom. The third-order valence-corrected chi connectivity index (χ3v) is 1.51. The first-order valence-corrected chi connectivity index (χ1v) is 3.60. The highest BCUT2D eigenvalue weighted by molar-refractivity contribution is 5.01. The lowest BCUT2D eigenvalue weighted by atomic mass is 10.2. The van der Waals surface area contributed by atoms with Gasteiger partial charge in [0, 0.05) is 13.2 Å². The van der Waals surface area contributed by atoms with Gasteiger partial charge >= 0.3 is 0 Å². The van der Waals surface area contributed by atoms with Gasteiger partial charge in [-0.1, -0.05) is 0 Å². The first-order chi connectivity index (χ1) is 5.53. The predicted molar refractivity (Wildman–Crippen MR) is 40.9 cm³/mol. The molecule has 0 aliphatic heterocycles. The second kappa shape index (κ2) is 3.18. The van der Waals surface area contributed by atoms with Crippen molar-refractivity contribution in [3.05, 3.63) is 18.0 Å². The Balaban J connectivity index is 2.63. The molecule has 3 nitrogen and oxygen atoms in total. The standard InChI is InChI=1S/C7H11F2N3/c1-12-3-2-6(11-12)4-7(8,9)5-10/h2-3H,4-5,10H2,1H3. The van der Waals surface area contributed by atoms with E-state index in [-0.39, 0.29) is 6.42 Å². The molecule has 1 aromatic heterocycles. The van der Waals surface area contributed by atoms with Crippen LogP contribution in [0.5, 0.6) is 0 Å². The lowest BCUT2D eigenvalue weighted by molar-refractivity contribution is 0.0104. The van der Waals surface area contributed by atoms with Gasteiger partial charge in [-0.3, -0.25) is 4.68 Å². The Labute approximate surface area is 69.2 Å². The monoisotopic (exact) mass is 175 g/mol. The summed E-state index contributed by atoms with van der Waals surface area (Å²) in [4.78, 5) is 0. The molecule has 1 rings (SSSR count). The number of aromatic nitrogens is 2. The molecule has 0 atom stereocenters. The Morgan fingerprint density at radius 2 is 2.33 bits per heavy atom. The smallest absolute Gasteiger partial charge is 0.265 e. The zero-order valence-corrected chi connectivity index (χ0v) is 6.80. The summed E-state index contributed by atoms with van der Waals surface area (Å²) in [6, 6.07) is 1.56. The van der Waals surface area contributed by atoms with Crippen molar-refractivity contribution in [2.24, 2.45) is 12.8 Å². The number of hydrogen-bond acceptors (Lipinski definition) is 2. The summed E-state index contributed by atoms with van der Waals surface area (Å²) in [5.41, 5.74) is 5.24. The number of nitrogens with zero attached hydrogens (tertiary/aromatic N) is 2. The van der Waals surface area contributed by atoms with Crippen LogP contribution >= 0.6 is 0 Å². The fourth-order valence-electron chi connectivity index (χ4n) is 0.895. The third-order valence-electron chi connectivity index (χ3n) is 1.51. The summed E-state index contributed by atoms with van der Waals surface area (Å²) in [7, 11) is 1.68. The van der Waals surface area contributed by atoms with Crippen LogP contribution in [0.3, 0.4) is 0 Å². The van der Waals surface area contributed by atoms with Gasteiger partial charge in [-0.2, -0.15) is 5.10 Å². The zero-order chi connectivity index (χ0) is 9.19. The van der Waals surface area contributed by atoms with E-state index < -0.39 is 12.5 Å². The molecule has 0 unspecified atom stereocenters. The molecule has 0 saturated heterocycles. The summed E-state index contributed by atoms with van der Waals surface area (Å²) in [5, 5.41) is 3.82. The first kappa shape index (κ1) is 9.12. The molecule has 1 heterocycles. The van der Waals surface area contributed by atoms with E-state index in [2.05, 4.69) is 5.10 Å². The lowest BCUT2D eigenvalue weighted by Crippen LogP contribution is -2.30. The van der Waals surface area contributed by atoms with Crippen LogP contribution in [0.15, 0.2) is 12.3 Å². The molecule has 0 amide bonds. The number of alkyl halides is 2. The normalized spacial score (nSPS) is 12.0. The number of halogens is 2. The van der Waals surface area contributed by atoms with Crippen molar-refractivity contribution < 1.29 is 8.78 Å². The summed E-state index contributed by atoms with van der Waals surface area (Å²) in [6.45, 7) is -0.635. The molecule has 0 saturated carbocycles. The predicted octanol–water partition coefficient (Wildman–Crippen LogP) is 0.557. The quantitative estimate of drug-likeness (QED) is 0.729. The summed E-state index contributed by atoms with van der Waals surface area (Å²) in [5.74, 6) is -2.84. The van der Waals surface area contributed by atoms with E-state index >= 15 is 0 Å². The van der Waals surface area contributed by atoms with E-state index in [9.17, 15) is 8.78 Å². The average Bonchev–Trinajstić information content (AvgIpc) is 2.35. The van der Waals surface area contributed by atoms with Crippen LogP contribution in [0.4, 0.5) is 8.78 Å². The fraction of sp³-hybridized carbons (Fsp3) is 0.571. The molecule has 68 valence electrons. The number of aryl methyl sites for hydroxylation is 1. The number of hydrogen-bond donors (Lipinski definition) is 1. The zero-order valence-electron chi connectivity index (χ0n) is 6.80. The lowest BCUT2D eigenvalue weighted by Gasteiger charge is -2.10. The Morgan fingerprint density at radius 3 is 2.75 bits per heavy atom. The Bertz CT molecular complexity index is 257. The SMILES string of the molecule is Cn1ccc(CC(F)(F)CN)n1. The van der Waals surface area contributed by atoms with Gasteiger partial charge in [-0.25, -0.2) is 8.78 Å². The molecule has 0 spiro atoms. The number of rotatable bonds is 3. The van der Waals surface area contributed by atoms with Crippen molar-refractivity contribution in [1.29, 1.82) is 0 Å². The van der Waals surface area contributed by atoms with E-state index in [1.807, 2.05) is 0 Å². The van der Waals surface area contributed by atoms with Crippen LogP contribution in [0.25, 0.3) is 0 Å². The average molecular weight is 175 g/mol. The number of nitrogens with two attached hydrogens (primary N) is 1. The molecule has 0 aromatic carbocycles. The largest absolute Gasteiger partial charge is 0.325 e. The second-order valence-corrected chi connectivity index (χ2v) is 2.72. The van der Waals surface area contributed by atoms with Gasteiger partial charge in [0.25, 0.3) is 5.92 Å². The van der Waals surface area contributed by atoms with Gasteiger partial charge in [0.1, 0.15) is 0 Å². The summed E-state index contributed by atoms with van der Waals surface area (Å²) < 4.78 is 26.8. The van der Waals surface area contributed by atoms with E-state index in [0.29, 0.717) is 5.69 Å². The summed E-state index contributed by atoms with van der Waals surface area (Å²) in [6.07, 6.45) is 1.24. The van der Waals surface area contributed by atoms with E-state index in [1.54, 1.807) is 19.3 Å². The van der Waals surface area contributed by atoms with Crippen molar-refractivity contribution in [2.45, 2.75) is 12.3 Å². The molecule has 2 N–H and O–H groups in total. The molecule has 5 heteroatoms. The van der Waals surface area contributed by atoms with Crippen LogP contribution in [-0.2, 0) is 13.5 Å². The highest BCUT2D eigenvalue weighted by atomic mass is 19.3. The van der Waals surface area contributed by atoms with E-state index in [1.165, 1.54) is 4.68 Å². The molecule has 0 aliphatic carbocycles. The van der Waals surface area contributed by atoms with Crippen LogP contribution in [0.2, 0.25) is 0 Å². The van der Waals surface area contributed by atoms with Crippen molar-refractivity contribution in [1.82, 2.24) is 9.78 Å². The maximum atomic E-state index is 12.7. The van der Waals surface area contributed by atoms with Gasteiger partial charge in [0.15, 0.2) is 0 Å². The van der Waals surface area contributed by atoms with Crippen molar-refractivity contribution >= 4 is 0 Å².